The van der Waals surface area contributed by atoms with Gasteiger partial charge in [-0.25, -0.2) is 0 Å². The number of pyridine rings is 1. The Morgan fingerprint density at radius 1 is 1.52 bits per heavy atom. The van der Waals surface area contributed by atoms with E-state index in [0.29, 0.717) is 17.6 Å². The van der Waals surface area contributed by atoms with Crippen LogP contribution < -0.4 is 10.6 Å². The minimum absolute atomic E-state index is 0.217. The fraction of sp³-hybridized carbons (Fsp3) is 0.571. The zero-order chi connectivity index (χ0) is 14.9. The first-order chi connectivity index (χ1) is 9.99. The van der Waals surface area contributed by atoms with Crippen molar-refractivity contribution in [1.82, 2.24) is 10.3 Å². The van der Waals surface area contributed by atoms with Gasteiger partial charge in [-0.15, -0.1) is 0 Å². The molecule has 2 bridgehead atoms. The molecule has 4 rings (SSSR count). The molecule has 3 fully saturated rings. The van der Waals surface area contributed by atoms with E-state index in [-0.39, 0.29) is 7.98 Å². The molecule has 0 aromatic carbocycles. The fourth-order valence-corrected chi connectivity index (χ4v) is 3.38. The van der Waals surface area contributed by atoms with Gasteiger partial charge in [0.1, 0.15) is 5.60 Å². The molecule has 1 aromatic heterocycles. The molecule has 7 heteroatoms. The van der Waals surface area contributed by atoms with Gasteiger partial charge in [0.25, 0.3) is 0 Å². The molecule has 3 aliphatic rings. The van der Waals surface area contributed by atoms with Crippen LogP contribution in [0.3, 0.4) is 0 Å². The van der Waals surface area contributed by atoms with E-state index >= 15 is 0 Å². The molecule has 5 nitrogen and oxygen atoms in total. The summed E-state index contributed by atoms with van der Waals surface area (Å²) in [6.45, 7) is 4.08. The van der Waals surface area contributed by atoms with E-state index in [4.69, 9.17) is 12.2 Å². The molecule has 21 heavy (non-hydrogen) atoms. The molecule has 3 aliphatic heterocycles. The van der Waals surface area contributed by atoms with Crippen LogP contribution in [0.15, 0.2) is 24.5 Å². The van der Waals surface area contributed by atoms with Crippen LogP contribution in [-0.2, 0) is 0 Å². The Balaban J connectivity index is 1.56. The van der Waals surface area contributed by atoms with Crippen molar-refractivity contribution in [2.24, 2.45) is 5.92 Å². The Labute approximate surface area is 131 Å². The van der Waals surface area contributed by atoms with Gasteiger partial charge in [0.2, 0.25) is 0 Å². The number of hydrogen-bond acceptors (Lipinski definition) is 3. The fourth-order valence-electron chi connectivity index (χ4n) is 3.19. The lowest BCUT2D eigenvalue weighted by Gasteiger charge is -2.60. The SMILES string of the molecule is [BH3-][N+]12CCC(CC1)C(O)(CNC(=S)Nc1cccnc1)C2. The summed E-state index contributed by atoms with van der Waals surface area (Å²) in [5.74, 6) is 0.435. The topological polar surface area (TPSA) is 57.2 Å². The van der Waals surface area contributed by atoms with Crippen LogP contribution in [0.1, 0.15) is 12.8 Å². The summed E-state index contributed by atoms with van der Waals surface area (Å²) < 4.78 is 1.23. The molecule has 3 saturated heterocycles. The van der Waals surface area contributed by atoms with Crippen LogP contribution in [0, 0.1) is 5.92 Å². The van der Waals surface area contributed by atoms with E-state index < -0.39 is 5.60 Å². The molecule has 0 spiro atoms. The maximum Gasteiger partial charge on any atom is 0.170 e. The Morgan fingerprint density at radius 3 is 2.90 bits per heavy atom. The Hall–Kier alpha value is -1.18. The highest BCUT2D eigenvalue weighted by molar-refractivity contribution is 7.80. The molecular weight excluding hydrogens is 283 g/mol. The molecule has 4 heterocycles. The number of aromatic nitrogens is 1. The van der Waals surface area contributed by atoms with E-state index in [1.54, 1.807) is 12.4 Å². The first-order valence-electron chi connectivity index (χ1n) is 7.05. The van der Waals surface area contributed by atoms with Crippen LogP contribution in [0.4, 0.5) is 5.69 Å². The quantitative estimate of drug-likeness (QED) is 0.525. The Morgan fingerprint density at radius 2 is 2.29 bits per heavy atom. The van der Waals surface area contributed by atoms with Gasteiger partial charge in [-0.1, -0.05) is 0 Å². The zero-order valence-electron chi connectivity index (χ0n) is 11.4. The third-order valence-electron chi connectivity index (χ3n) is 4.32. The van der Waals surface area contributed by atoms with Gasteiger partial charge in [-0.2, -0.15) is 0 Å². The van der Waals surface area contributed by atoms with Crippen molar-refractivity contribution < 1.29 is 9.50 Å². The number of fused-ring (bicyclic) bond motifs is 3. The van der Waals surface area contributed by atoms with Crippen molar-refractivity contribution in [2.75, 3.05) is 31.5 Å². The van der Waals surface area contributed by atoms with Gasteiger partial charge in [0, 0.05) is 25.2 Å². The standard InChI is InChI=1S/C14H23BN4OS/c15-19-6-3-11(4-7-19)14(20,10-19)9-17-13(21)18-12-2-1-5-16-8-12/h1-2,5,8,11,20H,3-4,6-7,9-10H2,15H3,(H2,17,18,21). The van der Waals surface area contributed by atoms with E-state index in [1.165, 1.54) is 30.3 Å². The monoisotopic (exact) mass is 306 g/mol. The number of rotatable bonds is 3. The van der Waals surface area contributed by atoms with Crippen molar-refractivity contribution in [1.29, 1.82) is 0 Å². The first-order valence-corrected chi connectivity index (χ1v) is 7.46. The number of quaternary nitrogens is 1. The van der Waals surface area contributed by atoms with E-state index in [2.05, 4.69) is 15.6 Å². The second-order valence-electron chi connectivity index (χ2n) is 5.70. The maximum atomic E-state index is 11.0. The van der Waals surface area contributed by atoms with Gasteiger partial charge in [0.15, 0.2) is 13.1 Å². The van der Waals surface area contributed by atoms with E-state index in [1.807, 2.05) is 12.1 Å². The highest BCUT2D eigenvalue weighted by Crippen LogP contribution is 2.38. The number of anilines is 1. The highest BCUT2D eigenvalue weighted by Gasteiger charge is 2.49. The summed E-state index contributed by atoms with van der Waals surface area (Å²) in [6.07, 6.45) is 5.81. The minimum Gasteiger partial charge on any atom is -0.520 e. The first kappa shape index (κ1) is 14.7. The number of nitrogens with zero attached hydrogens (tertiary/aromatic N) is 2. The normalized spacial score (nSPS) is 34.5. The smallest absolute Gasteiger partial charge is 0.170 e. The number of nitrogens with one attached hydrogen (secondary N) is 2. The third-order valence-corrected chi connectivity index (χ3v) is 4.57. The number of aliphatic hydroxyl groups is 1. The lowest BCUT2D eigenvalue weighted by atomic mass is 9.72. The predicted octanol–water partition coefficient (Wildman–Crippen LogP) is -0.380. The van der Waals surface area contributed by atoms with Crippen molar-refractivity contribution >= 4 is 31.0 Å². The summed E-state index contributed by atoms with van der Waals surface area (Å²) in [6, 6.07) is 3.79. The number of hydrogen-bond donors (Lipinski definition) is 3. The van der Waals surface area contributed by atoms with Crippen molar-refractivity contribution in [3.8, 4) is 0 Å². The second kappa shape index (κ2) is 5.55. The lowest BCUT2D eigenvalue weighted by molar-refractivity contribution is -0.846. The largest absolute Gasteiger partial charge is 0.520 e. The van der Waals surface area contributed by atoms with Crippen LogP contribution in [0.2, 0.25) is 0 Å². The summed E-state index contributed by atoms with van der Waals surface area (Å²) in [5.41, 5.74) is 0.284. The average Bonchev–Trinajstić information content (AvgIpc) is 2.46. The molecule has 0 radical (unpaired) electrons. The van der Waals surface area contributed by atoms with Gasteiger partial charge in [-0.3, -0.25) is 4.98 Å². The molecule has 114 valence electrons. The molecule has 1 unspecified atom stereocenters. The summed E-state index contributed by atoms with van der Waals surface area (Å²) in [4.78, 5) is 4.05. The number of piperidine rings is 3. The zero-order valence-corrected chi connectivity index (χ0v) is 12.2. The maximum absolute atomic E-state index is 11.0. The lowest BCUT2D eigenvalue weighted by Crippen LogP contribution is -2.70. The van der Waals surface area contributed by atoms with Crippen molar-refractivity contribution in [3.05, 3.63) is 24.5 Å². The molecule has 0 saturated carbocycles. The summed E-state index contributed by atoms with van der Waals surface area (Å²) in [5, 5.41) is 17.9. The van der Waals surface area contributed by atoms with Gasteiger partial charge in [0.05, 0.1) is 25.0 Å². The van der Waals surface area contributed by atoms with Crippen molar-refractivity contribution in [3.63, 3.8) is 0 Å². The van der Waals surface area contributed by atoms with E-state index in [0.717, 1.165) is 12.2 Å². The van der Waals surface area contributed by atoms with Gasteiger partial charge < -0.3 is 20.1 Å². The van der Waals surface area contributed by atoms with Crippen molar-refractivity contribution in [2.45, 2.75) is 18.4 Å². The molecule has 3 N–H and O–H groups in total. The van der Waals surface area contributed by atoms with Crippen LogP contribution in [0.25, 0.3) is 0 Å². The molecule has 0 aliphatic carbocycles. The van der Waals surface area contributed by atoms with E-state index in [9.17, 15) is 5.11 Å². The highest BCUT2D eigenvalue weighted by atomic mass is 32.1. The number of thiocarbonyl (C=S) groups is 1. The van der Waals surface area contributed by atoms with Crippen LogP contribution >= 0.6 is 12.2 Å². The predicted molar refractivity (Wildman–Crippen MR) is 90.9 cm³/mol. The van der Waals surface area contributed by atoms with Gasteiger partial charge >= 0.3 is 0 Å². The average molecular weight is 306 g/mol. The molecule has 1 aromatic rings. The molecule has 1 atom stereocenters. The second-order valence-corrected chi connectivity index (χ2v) is 6.11. The summed E-state index contributed by atoms with van der Waals surface area (Å²) >= 11 is 5.32. The van der Waals surface area contributed by atoms with Gasteiger partial charge in [-0.05, 0) is 37.2 Å². The molecule has 0 amide bonds. The van der Waals surface area contributed by atoms with Crippen LogP contribution in [0.5, 0.6) is 0 Å². The third kappa shape index (κ3) is 3.20. The summed E-state index contributed by atoms with van der Waals surface area (Å²) in [7, 11) is 0.217. The minimum atomic E-state index is -0.584. The Kier molecular flexibility index (Phi) is 3.90. The Bertz CT molecular complexity index is 521. The molecular formula is C14H23BN4OS. The van der Waals surface area contributed by atoms with Crippen LogP contribution in [-0.4, -0.2) is 59.4 Å².